The smallest absolute Gasteiger partial charge is 0.326 e. The van der Waals surface area contributed by atoms with E-state index in [9.17, 15) is 4.79 Å². The third kappa shape index (κ3) is 2.13. The molecule has 0 aliphatic heterocycles. The fourth-order valence-corrected chi connectivity index (χ4v) is 1.52. The maximum absolute atomic E-state index is 10.9. The molecule has 5 heteroatoms. The van der Waals surface area contributed by atoms with E-state index in [0.29, 0.717) is 11.7 Å². The molecule has 1 aromatic heterocycles. The van der Waals surface area contributed by atoms with Crippen LogP contribution in [0.25, 0.3) is 0 Å². The lowest BCUT2D eigenvalue weighted by Gasteiger charge is -2.22. The number of hydrogen-bond acceptors (Lipinski definition) is 4. The zero-order valence-corrected chi connectivity index (χ0v) is 9.42. The second-order valence-electron chi connectivity index (χ2n) is 4.20. The van der Waals surface area contributed by atoms with Crippen molar-refractivity contribution in [3.05, 3.63) is 18.1 Å². The van der Waals surface area contributed by atoms with Crippen LogP contribution in [0.1, 0.15) is 31.4 Å². The van der Waals surface area contributed by atoms with E-state index in [0.717, 1.165) is 5.69 Å². The summed E-state index contributed by atoms with van der Waals surface area (Å²) in [5.74, 6) is 0.371. The van der Waals surface area contributed by atoms with Crippen LogP contribution < -0.4 is 4.90 Å². The van der Waals surface area contributed by atoms with Gasteiger partial charge in [-0.2, -0.15) is 0 Å². The number of carbonyl (C=O) groups is 1. The summed E-state index contributed by atoms with van der Waals surface area (Å²) in [6, 6.07) is 1.30. The SMILES string of the molecule is CC(C(=O)O)N(C)c1cc(C2CC2)ncn1. The first kappa shape index (κ1) is 10.9. The Labute approximate surface area is 94.1 Å². The topological polar surface area (TPSA) is 66.3 Å². The van der Waals surface area contributed by atoms with Crippen LogP contribution in [0.15, 0.2) is 12.4 Å². The minimum absolute atomic E-state index is 0.551. The largest absolute Gasteiger partial charge is 0.480 e. The third-order valence-corrected chi connectivity index (χ3v) is 2.97. The maximum atomic E-state index is 10.9. The molecule has 1 saturated carbocycles. The molecule has 16 heavy (non-hydrogen) atoms. The standard InChI is InChI=1S/C11H15N3O2/c1-7(11(15)16)14(2)10-5-9(8-3-4-8)12-6-13-10/h5-8H,3-4H2,1-2H3,(H,15,16). The Morgan fingerprint density at radius 3 is 2.81 bits per heavy atom. The van der Waals surface area contributed by atoms with E-state index in [2.05, 4.69) is 9.97 Å². The van der Waals surface area contributed by atoms with Gasteiger partial charge in [0.05, 0.1) is 0 Å². The average Bonchev–Trinajstić information content (AvgIpc) is 3.11. The van der Waals surface area contributed by atoms with Gasteiger partial charge in [-0.25, -0.2) is 14.8 Å². The van der Waals surface area contributed by atoms with Gasteiger partial charge >= 0.3 is 5.97 Å². The van der Waals surface area contributed by atoms with Gasteiger partial charge in [-0.15, -0.1) is 0 Å². The summed E-state index contributed by atoms with van der Waals surface area (Å²) < 4.78 is 0. The van der Waals surface area contributed by atoms with Gasteiger partial charge in [0.15, 0.2) is 0 Å². The highest BCUT2D eigenvalue weighted by atomic mass is 16.4. The molecule has 0 saturated heterocycles. The van der Waals surface area contributed by atoms with Gasteiger partial charge in [-0.05, 0) is 19.8 Å². The monoisotopic (exact) mass is 221 g/mol. The molecule has 0 bridgehead atoms. The van der Waals surface area contributed by atoms with Crippen molar-refractivity contribution in [1.29, 1.82) is 0 Å². The van der Waals surface area contributed by atoms with E-state index < -0.39 is 12.0 Å². The van der Waals surface area contributed by atoms with Gasteiger partial charge in [-0.1, -0.05) is 0 Å². The Morgan fingerprint density at radius 2 is 2.25 bits per heavy atom. The first-order valence-electron chi connectivity index (χ1n) is 5.37. The lowest BCUT2D eigenvalue weighted by Crippen LogP contribution is -2.36. The van der Waals surface area contributed by atoms with Crippen molar-refractivity contribution in [1.82, 2.24) is 9.97 Å². The van der Waals surface area contributed by atoms with Gasteiger partial charge < -0.3 is 10.0 Å². The molecular formula is C11H15N3O2. The van der Waals surface area contributed by atoms with Crippen molar-refractivity contribution in [2.75, 3.05) is 11.9 Å². The summed E-state index contributed by atoms with van der Waals surface area (Å²) in [6.07, 6.45) is 3.86. The van der Waals surface area contributed by atoms with Gasteiger partial charge in [0, 0.05) is 24.7 Å². The van der Waals surface area contributed by atoms with Crippen LogP contribution in [0.2, 0.25) is 0 Å². The van der Waals surface area contributed by atoms with E-state index in [4.69, 9.17) is 5.11 Å². The fourth-order valence-electron chi connectivity index (χ4n) is 1.52. The second kappa shape index (κ2) is 4.08. The number of aromatic nitrogens is 2. The molecule has 0 spiro atoms. The summed E-state index contributed by atoms with van der Waals surface area (Å²) in [4.78, 5) is 20.8. The molecule has 1 fully saturated rings. The van der Waals surface area contributed by atoms with Crippen LogP contribution in [-0.2, 0) is 4.79 Å². The lowest BCUT2D eigenvalue weighted by molar-refractivity contribution is -0.138. The lowest BCUT2D eigenvalue weighted by atomic mass is 10.2. The number of aliphatic carboxylic acids is 1. The van der Waals surface area contributed by atoms with Crippen LogP contribution in [0, 0.1) is 0 Å². The molecule has 0 amide bonds. The highest BCUT2D eigenvalue weighted by Crippen LogP contribution is 2.39. The van der Waals surface area contributed by atoms with Crippen molar-refractivity contribution >= 4 is 11.8 Å². The molecule has 5 nitrogen and oxygen atoms in total. The number of carboxylic acids is 1. The van der Waals surface area contributed by atoms with Crippen molar-refractivity contribution in [3.8, 4) is 0 Å². The Hall–Kier alpha value is -1.65. The molecule has 1 N–H and O–H groups in total. The molecule has 1 aromatic rings. The quantitative estimate of drug-likeness (QED) is 0.829. The van der Waals surface area contributed by atoms with Gasteiger partial charge in [0.1, 0.15) is 18.2 Å². The van der Waals surface area contributed by atoms with Crippen molar-refractivity contribution in [2.24, 2.45) is 0 Å². The molecular weight excluding hydrogens is 206 g/mol. The summed E-state index contributed by atoms with van der Waals surface area (Å²) in [7, 11) is 1.73. The van der Waals surface area contributed by atoms with Crippen LogP contribution >= 0.6 is 0 Å². The summed E-state index contributed by atoms with van der Waals surface area (Å²) in [6.45, 7) is 1.64. The van der Waals surface area contributed by atoms with E-state index in [1.165, 1.54) is 19.2 Å². The molecule has 1 aliphatic carbocycles. The minimum atomic E-state index is -0.853. The molecule has 1 heterocycles. The molecule has 0 radical (unpaired) electrons. The van der Waals surface area contributed by atoms with Crippen LogP contribution in [-0.4, -0.2) is 34.1 Å². The number of carboxylic acid groups (broad SMARTS) is 1. The molecule has 86 valence electrons. The van der Waals surface area contributed by atoms with Crippen molar-refractivity contribution < 1.29 is 9.90 Å². The first-order valence-corrected chi connectivity index (χ1v) is 5.37. The predicted octanol–water partition coefficient (Wildman–Crippen LogP) is 1.26. The summed E-state index contributed by atoms with van der Waals surface area (Å²) in [5.41, 5.74) is 1.02. The van der Waals surface area contributed by atoms with Gasteiger partial charge in [0.25, 0.3) is 0 Å². The fraction of sp³-hybridized carbons (Fsp3) is 0.545. The summed E-state index contributed by atoms with van der Waals surface area (Å²) in [5, 5.41) is 8.92. The Morgan fingerprint density at radius 1 is 1.56 bits per heavy atom. The van der Waals surface area contributed by atoms with Gasteiger partial charge in [0.2, 0.25) is 0 Å². The zero-order valence-electron chi connectivity index (χ0n) is 9.42. The predicted molar refractivity (Wildman–Crippen MR) is 59.5 cm³/mol. The van der Waals surface area contributed by atoms with Gasteiger partial charge in [-0.3, -0.25) is 0 Å². The minimum Gasteiger partial charge on any atom is -0.480 e. The van der Waals surface area contributed by atoms with Crippen molar-refractivity contribution in [2.45, 2.75) is 31.7 Å². The van der Waals surface area contributed by atoms with Crippen molar-refractivity contribution in [3.63, 3.8) is 0 Å². The van der Waals surface area contributed by atoms with E-state index in [-0.39, 0.29) is 0 Å². The Bertz CT molecular complexity index is 404. The highest BCUT2D eigenvalue weighted by molar-refractivity contribution is 5.76. The number of likely N-dealkylation sites (N-methyl/N-ethyl adjacent to an activating group) is 1. The molecule has 2 rings (SSSR count). The van der Waals surface area contributed by atoms with Crippen LogP contribution in [0.3, 0.4) is 0 Å². The Kier molecular flexibility index (Phi) is 2.77. The number of rotatable bonds is 4. The molecule has 1 atom stereocenters. The van der Waals surface area contributed by atoms with E-state index >= 15 is 0 Å². The third-order valence-electron chi connectivity index (χ3n) is 2.97. The summed E-state index contributed by atoms with van der Waals surface area (Å²) >= 11 is 0. The van der Waals surface area contributed by atoms with E-state index in [1.54, 1.807) is 18.9 Å². The highest BCUT2D eigenvalue weighted by Gasteiger charge is 2.26. The molecule has 0 aromatic carbocycles. The van der Waals surface area contributed by atoms with E-state index in [1.807, 2.05) is 6.07 Å². The first-order chi connectivity index (χ1) is 7.59. The maximum Gasteiger partial charge on any atom is 0.326 e. The number of anilines is 1. The number of hydrogen-bond donors (Lipinski definition) is 1. The van der Waals surface area contributed by atoms with Crippen LogP contribution in [0.4, 0.5) is 5.82 Å². The second-order valence-corrected chi connectivity index (χ2v) is 4.20. The molecule has 1 aliphatic rings. The zero-order chi connectivity index (χ0) is 11.7. The van der Waals surface area contributed by atoms with Crippen LogP contribution in [0.5, 0.6) is 0 Å². The number of nitrogens with zero attached hydrogens (tertiary/aromatic N) is 3. The average molecular weight is 221 g/mol. The Balaban J connectivity index is 2.18. The normalized spacial score (nSPS) is 16.9. The molecule has 1 unspecified atom stereocenters.